The van der Waals surface area contributed by atoms with Gasteiger partial charge in [0.2, 0.25) is 0 Å². The molecule has 0 aromatic rings. The maximum Gasteiger partial charge on any atom is 0.306 e. The molecular formula is C41H76O5. The second-order valence-corrected chi connectivity index (χ2v) is 13.4. The number of allylic oxidation sites excluding steroid dienone is 4. The van der Waals surface area contributed by atoms with Crippen LogP contribution in [-0.4, -0.2) is 36.4 Å². The summed E-state index contributed by atoms with van der Waals surface area (Å²) in [7, 11) is 0. The first-order valence-electron chi connectivity index (χ1n) is 19.9. The molecule has 1 N–H and O–H groups in total. The summed E-state index contributed by atoms with van der Waals surface area (Å²) in [6.07, 6.45) is 43.8. The fourth-order valence-electron chi connectivity index (χ4n) is 5.70. The highest BCUT2D eigenvalue weighted by atomic mass is 16.6. The van der Waals surface area contributed by atoms with Crippen LogP contribution < -0.4 is 0 Å². The molecule has 0 amide bonds. The third-order valence-electron chi connectivity index (χ3n) is 8.75. The fourth-order valence-corrected chi connectivity index (χ4v) is 5.70. The summed E-state index contributed by atoms with van der Waals surface area (Å²) in [5, 5.41) is 9.54. The number of aliphatic hydroxyl groups excluding tert-OH is 1. The van der Waals surface area contributed by atoms with Gasteiger partial charge in [-0.1, -0.05) is 173 Å². The van der Waals surface area contributed by atoms with Crippen molar-refractivity contribution in [2.45, 2.75) is 213 Å². The normalized spacial score (nSPS) is 12.3. The van der Waals surface area contributed by atoms with Gasteiger partial charge in [-0.2, -0.15) is 0 Å². The number of unbranched alkanes of at least 4 members (excludes halogenated alkanes) is 24. The van der Waals surface area contributed by atoms with Crippen LogP contribution >= 0.6 is 0 Å². The van der Waals surface area contributed by atoms with Gasteiger partial charge in [-0.15, -0.1) is 0 Å². The zero-order chi connectivity index (χ0) is 33.6. The zero-order valence-corrected chi connectivity index (χ0v) is 30.6. The summed E-state index contributed by atoms with van der Waals surface area (Å²) in [6, 6.07) is 0. The molecule has 0 saturated heterocycles. The molecule has 1 atom stereocenters. The molecule has 0 aromatic carbocycles. The van der Waals surface area contributed by atoms with Crippen LogP contribution in [0.25, 0.3) is 0 Å². The van der Waals surface area contributed by atoms with Crippen molar-refractivity contribution >= 4 is 11.9 Å². The minimum atomic E-state index is -0.768. The molecule has 0 aliphatic carbocycles. The molecule has 5 nitrogen and oxygen atoms in total. The van der Waals surface area contributed by atoms with Crippen LogP contribution in [0.1, 0.15) is 206 Å². The van der Waals surface area contributed by atoms with Gasteiger partial charge in [-0.3, -0.25) is 9.59 Å². The van der Waals surface area contributed by atoms with E-state index in [1.54, 1.807) is 0 Å². The topological polar surface area (TPSA) is 72.8 Å². The van der Waals surface area contributed by atoms with Crippen LogP contribution in [0.4, 0.5) is 0 Å². The van der Waals surface area contributed by atoms with E-state index in [-0.39, 0.29) is 25.2 Å². The van der Waals surface area contributed by atoms with Crippen molar-refractivity contribution in [3.8, 4) is 0 Å². The SMILES string of the molecule is CCCCCCC/C=C\C/C=C\CCCCCCCCCCCC(=O)OC(CO)COC(=O)CCCCCCCCCCCCC. The molecule has 0 rings (SSSR count). The van der Waals surface area contributed by atoms with E-state index in [9.17, 15) is 14.7 Å². The Morgan fingerprint density at radius 2 is 0.870 bits per heavy atom. The van der Waals surface area contributed by atoms with Gasteiger partial charge in [0, 0.05) is 12.8 Å². The lowest BCUT2D eigenvalue weighted by Gasteiger charge is -2.15. The summed E-state index contributed by atoms with van der Waals surface area (Å²) in [6.45, 7) is 4.12. The van der Waals surface area contributed by atoms with Gasteiger partial charge in [-0.25, -0.2) is 0 Å². The van der Waals surface area contributed by atoms with Crippen molar-refractivity contribution in [3.63, 3.8) is 0 Å². The average molecular weight is 649 g/mol. The van der Waals surface area contributed by atoms with E-state index in [4.69, 9.17) is 9.47 Å². The number of hydrogen-bond acceptors (Lipinski definition) is 5. The Balaban J connectivity index is 3.52. The Morgan fingerprint density at radius 1 is 0.500 bits per heavy atom. The van der Waals surface area contributed by atoms with Crippen LogP contribution in [0.2, 0.25) is 0 Å². The molecule has 0 heterocycles. The van der Waals surface area contributed by atoms with Crippen molar-refractivity contribution in [3.05, 3.63) is 24.3 Å². The van der Waals surface area contributed by atoms with Crippen LogP contribution in [0.3, 0.4) is 0 Å². The predicted octanol–water partition coefficient (Wildman–Crippen LogP) is 12.3. The Kier molecular flexibility index (Phi) is 36.5. The second kappa shape index (κ2) is 37.8. The maximum absolute atomic E-state index is 12.2. The Labute approximate surface area is 285 Å². The lowest BCUT2D eigenvalue weighted by molar-refractivity contribution is -0.161. The summed E-state index contributed by atoms with van der Waals surface area (Å²) in [4.78, 5) is 24.2. The van der Waals surface area contributed by atoms with Gasteiger partial charge in [0.25, 0.3) is 0 Å². The number of hydrogen-bond donors (Lipinski definition) is 1. The van der Waals surface area contributed by atoms with Gasteiger partial charge in [0.1, 0.15) is 6.61 Å². The number of carbonyl (C=O) groups excluding carboxylic acids is 2. The molecule has 0 aliphatic heterocycles. The van der Waals surface area contributed by atoms with E-state index in [1.165, 1.54) is 135 Å². The summed E-state index contributed by atoms with van der Waals surface area (Å²) in [5.74, 6) is -0.590. The minimum Gasteiger partial charge on any atom is -0.462 e. The first-order chi connectivity index (χ1) is 22.6. The molecule has 0 aromatic heterocycles. The average Bonchev–Trinajstić information content (AvgIpc) is 3.06. The van der Waals surface area contributed by atoms with Crippen molar-refractivity contribution in [1.29, 1.82) is 0 Å². The Bertz CT molecular complexity index is 701. The van der Waals surface area contributed by atoms with E-state index in [0.717, 1.165) is 44.9 Å². The number of aliphatic hydroxyl groups is 1. The minimum absolute atomic E-state index is 0.0634. The third-order valence-corrected chi connectivity index (χ3v) is 8.75. The number of rotatable bonds is 36. The molecule has 0 fully saturated rings. The van der Waals surface area contributed by atoms with Crippen molar-refractivity contribution in [1.82, 2.24) is 0 Å². The lowest BCUT2D eigenvalue weighted by Crippen LogP contribution is -2.28. The molecule has 270 valence electrons. The van der Waals surface area contributed by atoms with E-state index in [1.807, 2.05) is 0 Å². The first-order valence-corrected chi connectivity index (χ1v) is 19.9. The van der Waals surface area contributed by atoms with Crippen molar-refractivity contribution in [2.75, 3.05) is 13.2 Å². The molecule has 0 radical (unpaired) electrons. The smallest absolute Gasteiger partial charge is 0.306 e. The van der Waals surface area contributed by atoms with Crippen LogP contribution in [0.15, 0.2) is 24.3 Å². The quantitative estimate of drug-likeness (QED) is 0.0416. The largest absolute Gasteiger partial charge is 0.462 e. The summed E-state index contributed by atoms with van der Waals surface area (Å²) >= 11 is 0. The van der Waals surface area contributed by atoms with Gasteiger partial charge in [-0.05, 0) is 44.9 Å². The third kappa shape index (κ3) is 35.2. The molecule has 0 spiro atoms. The number of esters is 2. The molecule has 0 aliphatic rings. The van der Waals surface area contributed by atoms with E-state index < -0.39 is 6.10 Å². The molecule has 1 unspecified atom stereocenters. The van der Waals surface area contributed by atoms with Gasteiger partial charge in [0.15, 0.2) is 6.10 Å². The van der Waals surface area contributed by atoms with E-state index in [0.29, 0.717) is 12.8 Å². The fraction of sp³-hybridized carbons (Fsp3) is 0.854. The van der Waals surface area contributed by atoms with Gasteiger partial charge in [0.05, 0.1) is 6.61 Å². The standard InChI is InChI=1S/C41H76O5/c1-3-5-7-9-11-13-15-16-17-18-19-20-21-22-23-24-26-28-30-32-34-36-41(44)46-39(37-42)38-45-40(43)35-33-31-29-27-25-14-12-10-8-6-4-2/h15-16,18-19,39,42H,3-14,17,20-38H2,1-2H3/b16-15-,19-18-. The number of ether oxygens (including phenoxy) is 2. The Morgan fingerprint density at radius 3 is 1.28 bits per heavy atom. The van der Waals surface area contributed by atoms with Crippen molar-refractivity contribution < 1.29 is 24.2 Å². The first kappa shape index (κ1) is 44.4. The van der Waals surface area contributed by atoms with Crippen LogP contribution in [0, 0.1) is 0 Å². The second-order valence-electron chi connectivity index (χ2n) is 13.4. The summed E-state index contributed by atoms with van der Waals surface area (Å²) < 4.78 is 10.6. The van der Waals surface area contributed by atoms with Crippen LogP contribution in [-0.2, 0) is 19.1 Å². The van der Waals surface area contributed by atoms with E-state index >= 15 is 0 Å². The monoisotopic (exact) mass is 649 g/mol. The maximum atomic E-state index is 12.2. The molecule has 46 heavy (non-hydrogen) atoms. The highest BCUT2D eigenvalue weighted by Crippen LogP contribution is 2.14. The highest BCUT2D eigenvalue weighted by Gasteiger charge is 2.16. The van der Waals surface area contributed by atoms with Gasteiger partial charge >= 0.3 is 11.9 Å². The molecule has 0 saturated carbocycles. The van der Waals surface area contributed by atoms with Gasteiger partial charge < -0.3 is 14.6 Å². The van der Waals surface area contributed by atoms with Crippen molar-refractivity contribution in [2.24, 2.45) is 0 Å². The summed E-state index contributed by atoms with van der Waals surface area (Å²) in [5.41, 5.74) is 0. The number of carbonyl (C=O) groups is 2. The Hall–Kier alpha value is -1.62. The lowest BCUT2D eigenvalue weighted by atomic mass is 10.1. The van der Waals surface area contributed by atoms with E-state index in [2.05, 4.69) is 38.2 Å². The zero-order valence-electron chi connectivity index (χ0n) is 30.6. The van der Waals surface area contributed by atoms with Crippen LogP contribution in [0.5, 0.6) is 0 Å². The molecule has 5 heteroatoms. The predicted molar refractivity (Wildman–Crippen MR) is 196 cm³/mol. The molecular weight excluding hydrogens is 572 g/mol. The molecule has 0 bridgehead atoms. The highest BCUT2D eigenvalue weighted by molar-refractivity contribution is 5.70.